The highest BCUT2D eigenvalue weighted by Crippen LogP contribution is 2.11. The molecule has 12 heteroatoms. The first kappa shape index (κ1) is 53.1. The number of hydrogen-bond donors (Lipinski definition) is 0. The van der Waals surface area contributed by atoms with Gasteiger partial charge in [0.15, 0.2) is 0 Å². The summed E-state index contributed by atoms with van der Waals surface area (Å²) in [6, 6.07) is 0. The Kier molecular flexibility index (Phi) is 49.2. The fourth-order valence-electron chi connectivity index (χ4n) is 5.29. The van der Waals surface area contributed by atoms with Crippen LogP contribution in [-0.4, -0.2) is 145 Å². The van der Waals surface area contributed by atoms with Gasteiger partial charge in [-0.2, -0.15) is 0 Å². The van der Waals surface area contributed by atoms with Gasteiger partial charge in [0, 0.05) is 13.0 Å². The maximum atomic E-state index is 11.7. The predicted octanol–water partition coefficient (Wildman–Crippen LogP) is 7.76. The molecule has 0 saturated heterocycles. The lowest BCUT2D eigenvalue weighted by atomic mass is 10.1. The second-order valence-electron chi connectivity index (χ2n) is 13.4. The van der Waals surface area contributed by atoms with Crippen LogP contribution in [0.15, 0.2) is 0 Å². The fourth-order valence-corrected chi connectivity index (χ4v) is 5.29. The van der Waals surface area contributed by atoms with Gasteiger partial charge in [-0.1, -0.05) is 110 Å². The second kappa shape index (κ2) is 50.1. The van der Waals surface area contributed by atoms with Crippen molar-refractivity contribution in [1.82, 2.24) is 0 Å². The summed E-state index contributed by atoms with van der Waals surface area (Å²) in [7, 11) is 0. The van der Waals surface area contributed by atoms with Crippen LogP contribution in [0, 0.1) is 0 Å². The molecule has 0 spiro atoms. The molecule has 0 bridgehead atoms. The molecule has 0 aromatic heterocycles. The first-order valence-electron chi connectivity index (χ1n) is 21.7. The summed E-state index contributed by atoms with van der Waals surface area (Å²) in [5.41, 5.74) is 0. The van der Waals surface area contributed by atoms with Crippen molar-refractivity contribution in [3.05, 3.63) is 0 Å². The molecule has 0 rings (SSSR count). The Morgan fingerprint density at radius 2 is 0.481 bits per heavy atom. The number of carbonyl (C=O) groups is 1. The van der Waals surface area contributed by atoms with E-state index >= 15 is 0 Å². The largest absolute Gasteiger partial charge is 0.463 e. The third-order valence-electron chi connectivity index (χ3n) is 8.47. The highest BCUT2D eigenvalue weighted by molar-refractivity contribution is 5.69. The topological polar surface area (TPSA) is 119 Å². The van der Waals surface area contributed by atoms with Crippen molar-refractivity contribution in [3.8, 4) is 0 Å². The van der Waals surface area contributed by atoms with Crippen LogP contribution in [0.25, 0.3) is 0 Å². The van der Waals surface area contributed by atoms with Gasteiger partial charge in [0.1, 0.15) is 6.61 Å². The normalized spacial score (nSPS) is 11.5. The Hall–Kier alpha value is -0.930. The zero-order chi connectivity index (χ0) is 38.9. The molecule has 0 atom stereocenters. The summed E-state index contributed by atoms with van der Waals surface area (Å²) in [5.74, 6) is -0.140. The summed E-state index contributed by atoms with van der Waals surface area (Å²) in [5, 5.41) is 0. The number of unbranched alkanes of at least 4 members (excludes halogenated alkanes) is 15. The molecule has 0 fully saturated rings. The standard InChI is InChI=1S/C42H84O12/c1-3-5-7-9-11-12-13-14-15-17-19-21-44-22-23-45-24-25-46-26-27-47-28-29-48-30-31-49-32-33-50-34-35-51-36-37-52-38-39-53-40-41-54-42(43)20-18-16-10-8-6-4-2/h3-41H2,1-2H3. The molecule has 0 heterocycles. The van der Waals surface area contributed by atoms with Crippen LogP contribution in [-0.2, 0) is 56.9 Å². The number of hydrogen-bond acceptors (Lipinski definition) is 12. The van der Waals surface area contributed by atoms with E-state index in [0.717, 1.165) is 25.9 Å². The van der Waals surface area contributed by atoms with Crippen molar-refractivity contribution in [2.24, 2.45) is 0 Å². The smallest absolute Gasteiger partial charge is 0.305 e. The lowest BCUT2D eigenvalue weighted by molar-refractivity contribution is -0.145. The van der Waals surface area contributed by atoms with E-state index in [1.165, 1.54) is 89.9 Å². The third-order valence-corrected chi connectivity index (χ3v) is 8.47. The van der Waals surface area contributed by atoms with Crippen LogP contribution in [0.2, 0.25) is 0 Å². The van der Waals surface area contributed by atoms with Gasteiger partial charge in [-0.05, 0) is 12.8 Å². The first-order chi connectivity index (χ1) is 26.8. The van der Waals surface area contributed by atoms with E-state index in [4.69, 9.17) is 52.1 Å². The van der Waals surface area contributed by atoms with Gasteiger partial charge in [-0.25, -0.2) is 0 Å². The summed E-state index contributed by atoms with van der Waals surface area (Å²) in [6.07, 6.45) is 22.3. The number of esters is 1. The molecular weight excluding hydrogens is 696 g/mol. The highest BCUT2D eigenvalue weighted by Gasteiger charge is 2.03. The molecule has 0 aliphatic heterocycles. The molecule has 0 aromatic carbocycles. The van der Waals surface area contributed by atoms with E-state index < -0.39 is 0 Å². The number of ether oxygens (including phenoxy) is 11. The molecule has 0 aliphatic rings. The third kappa shape index (κ3) is 49.1. The van der Waals surface area contributed by atoms with E-state index in [-0.39, 0.29) is 12.6 Å². The first-order valence-corrected chi connectivity index (χ1v) is 21.7. The molecule has 0 aliphatic carbocycles. The van der Waals surface area contributed by atoms with Crippen LogP contribution in [0.5, 0.6) is 0 Å². The quantitative estimate of drug-likeness (QED) is 0.0444. The lowest BCUT2D eigenvalue weighted by Gasteiger charge is -2.09. The van der Waals surface area contributed by atoms with Crippen molar-refractivity contribution >= 4 is 5.97 Å². The Bertz CT molecular complexity index is 688. The molecule has 0 aromatic rings. The minimum absolute atomic E-state index is 0.140. The Labute approximate surface area is 330 Å². The van der Waals surface area contributed by atoms with Crippen molar-refractivity contribution in [2.45, 2.75) is 129 Å². The highest BCUT2D eigenvalue weighted by atomic mass is 16.6. The Morgan fingerprint density at radius 3 is 0.778 bits per heavy atom. The average molecular weight is 781 g/mol. The molecule has 324 valence electrons. The monoisotopic (exact) mass is 781 g/mol. The van der Waals surface area contributed by atoms with E-state index in [2.05, 4.69) is 13.8 Å². The zero-order valence-corrected chi connectivity index (χ0v) is 35.0. The van der Waals surface area contributed by atoms with Gasteiger partial charge < -0.3 is 52.1 Å². The fraction of sp³-hybridized carbons (Fsp3) is 0.976. The van der Waals surface area contributed by atoms with E-state index in [0.29, 0.717) is 132 Å². The average Bonchev–Trinajstić information content (AvgIpc) is 3.18. The number of rotatable bonds is 49. The maximum absolute atomic E-state index is 11.7. The van der Waals surface area contributed by atoms with E-state index in [1.54, 1.807) is 0 Å². The summed E-state index contributed by atoms with van der Waals surface area (Å²) < 4.78 is 60.4. The van der Waals surface area contributed by atoms with Gasteiger partial charge in [0.25, 0.3) is 0 Å². The van der Waals surface area contributed by atoms with Gasteiger partial charge in [-0.15, -0.1) is 0 Å². The van der Waals surface area contributed by atoms with Crippen LogP contribution in [0.3, 0.4) is 0 Å². The molecule has 0 radical (unpaired) electrons. The molecule has 0 unspecified atom stereocenters. The lowest BCUT2D eigenvalue weighted by Crippen LogP contribution is -2.15. The van der Waals surface area contributed by atoms with E-state index in [1.807, 2.05) is 0 Å². The zero-order valence-electron chi connectivity index (χ0n) is 35.0. The summed E-state index contributed by atoms with van der Waals surface area (Å²) in [6.45, 7) is 15.4. The van der Waals surface area contributed by atoms with Gasteiger partial charge in [0.2, 0.25) is 0 Å². The van der Waals surface area contributed by atoms with Gasteiger partial charge >= 0.3 is 5.97 Å². The van der Waals surface area contributed by atoms with Crippen molar-refractivity contribution < 1.29 is 56.9 Å². The van der Waals surface area contributed by atoms with Crippen LogP contribution in [0.1, 0.15) is 129 Å². The number of carbonyl (C=O) groups excluding carboxylic acids is 1. The van der Waals surface area contributed by atoms with Crippen LogP contribution in [0.4, 0.5) is 0 Å². The molecule has 0 amide bonds. The van der Waals surface area contributed by atoms with Crippen molar-refractivity contribution in [3.63, 3.8) is 0 Å². The SMILES string of the molecule is CCCCCCCCCCCCCOCCOCCOCCOCCOCCOCCOCCOCCOCCOCCOC(=O)CCCCCCCC. The minimum Gasteiger partial charge on any atom is -0.463 e. The molecular formula is C42H84O12. The summed E-state index contributed by atoms with van der Waals surface area (Å²) >= 11 is 0. The molecule has 0 saturated carbocycles. The molecule has 54 heavy (non-hydrogen) atoms. The van der Waals surface area contributed by atoms with Crippen LogP contribution < -0.4 is 0 Å². The Morgan fingerprint density at radius 1 is 0.259 bits per heavy atom. The van der Waals surface area contributed by atoms with Gasteiger partial charge in [0.05, 0.1) is 126 Å². The second-order valence-corrected chi connectivity index (χ2v) is 13.4. The minimum atomic E-state index is -0.140. The van der Waals surface area contributed by atoms with Crippen molar-refractivity contribution in [2.75, 3.05) is 139 Å². The molecule has 12 nitrogen and oxygen atoms in total. The van der Waals surface area contributed by atoms with Gasteiger partial charge in [-0.3, -0.25) is 4.79 Å². The van der Waals surface area contributed by atoms with Crippen molar-refractivity contribution in [1.29, 1.82) is 0 Å². The Balaban J connectivity index is 3.09. The van der Waals surface area contributed by atoms with E-state index in [9.17, 15) is 4.79 Å². The maximum Gasteiger partial charge on any atom is 0.305 e. The molecule has 0 N–H and O–H groups in total. The summed E-state index contributed by atoms with van der Waals surface area (Å²) in [4.78, 5) is 11.7. The van der Waals surface area contributed by atoms with Crippen LogP contribution >= 0.6 is 0 Å². The predicted molar refractivity (Wildman–Crippen MR) is 214 cm³/mol.